The maximum Gasteiger partial charge on any atom is 0.0525 e. The van der Waals surface area contributed by atoms with E-state index in [1.54, 1.807) is 0 Å². The Morgan fingerprint density at radius 2 is 1.89 bits per heavy atom. The Balaban J connectivity index is 3.07. The summed E-state index contributed by atoms with van der Waals surface area (Å²) in [5, 5.41) is 4.97. The number of unbranched alkanes of at least 4 members (excludes halogenated alkanes) is 2. The van der Waals surface area contributed by atoms with Gasteiger partial charge in [-0.05, 0) is 6.42 Å². The van der Waals surface area contributed by atoms with Gasteiger partial charge in [-0.15, -0.1) is 10.8 Å². The largest absolute Gasteiger partial charge is 0.286 e. The van der Waals surface area contributed by atoms with Crippen LogP contribution in [0.25, 0.3) is 0 Å². The molecule has 0 aromatic rings. The van der Waals surface area contributed by atoms with Crippen LogP contribution in [0.5, 0.6) is 0 Å². The third-order valence-corrected chi connectivity index (χ3v) is 1.94. The van der Waals surface area contributed by atoms with E-state index in [4.69, 9.17) is 14.2 Å². The van der Waals surface area contributed by atoms with Gasteiger partial charge in [0.05, 0.1) is 5.75 Å². The van der Waals surface area contributed by atoms with Gasteiger partial charge in [-0.2, -0.15) is 0 Å². The van der Waals surface area contributed by atoms with Gasteiger partial charge in [-0.1, -0.05) is 19.8 Å². The van der Waals surface area contributed by atoms with E-state index >= 15 is 0 Å². The van der Waals surface area contributed by atoms with Gasteiger partial charge in [0, 0.05) is 0 Å². The van der Waals surface area contributed by atoms with E-state index in [2.05, 4.69) is 6.92 Å². The van der Waals surface area contributed by atoms with Crippen molar-refractivity contribution in [3.05, 3.63) is 0 Å². The van der Waals surface area contributed by atoms with Crippen LogP contribution in [0.2, 0.25) is 0 Å². The second-order valence-corrected chi connectivity index (χ2v) is 3.97. The lowest BCUT2D eigenvalue weighted by molar-refractivity contribution is 0.485. The molecule has 0 aromatic carbocycles. The molecule has 0 amide bonds. The van der Waals surface area contributed by atoms with Gasteiger partial charge in [0.25, 0.3) is 0 Å². The summed E-state index contributed by atoms with van der Waals surface area (Å²) in [6.07, 6.45) is 2.91. The molecule has 4 heteroatoms. The third-order valence-electron chi connectivity index (χ3n) is 1.05. The molecule has 0 aliphatic heterocycles. The molecule has 0 aliphatic carbocycles. The molecular formula is C5H15NO2S. The summed E-state index contributed by atoms with van der Waals surface area (Å²) in [6, 6.07) is 0. The van der Waals surface area contributed by atoms with Crippen LogP contribution in [0.1, 0.15) is 26.2 Å². The fourth-order valence-corrected chi connectivity index (χ4v) is 1.19. The van der Waals surface area contributed by atoms with E-state index in [0.29, 0.717) is 5.75 Å². The molecule has 0 saturated carbocycles. The summed E-state index contributed by atoms with van der Waals surface area (Å²) in [4.78, 5) is 0. The zero-order valence-electron chi connectivity index (χ0n) is 5.71. The van der Waals surface area contributed by atoms with Crippen LogP contribution in [0.15, 0.2) is 0 Å². The Hall–Kier alpha value is 0.230. The molecule has 0 heterocycles. The van der Waals surface area contributed by atoms with Crippen LogP contribution in [0.4, 0.5) is 0 Å². The van der Waals surface area contributed by atoms with Crippen LogP contribution in [-0.2, 0) is 0 Å². The molecule has 0 fully saturated rings. The molecule has 0 radical (unpaired) electrons. The molecule has 0 aromatic heterocycles. The first-order valence-corrected chi connectivity index (χ1v) is 4.88. The van der Waals surface area contributed by atoms with Crippen molar-refractivity contribution in [2.45, 2.75) is 26.2 Å². The van der Waals surface area contributed by atoms with Crippen LogP contribution >= 0.6 is 10.8 Å². The SMILES string of the molecule is CCCCCS(N)(O)O. The van der Waals surface area contributed by atoms with E-state index in [1.807, 2.05) is 0 Å². The van der Waals surface area contributed by atoms with Crippen molar-refractivity contribution in [3.8, 4) is 0 Å². The predicted octanol–water partition coefficient (Wildman–Crippen LogP) is 1.80. The summed E-state index contributed by atoms with van der Waals surface area (Å²) < 4.78 is 17.3. The van der Waals surface area contributed by atoms with E-state index in [-0.39, 0.29) is 0 Å². The van der Waals surface area contributed by atoms with E-state index in [9.17, 15) is 0 Å². The number of rotatable bonds is 4. The lowest BCUT2D eigenvalue weighted by Gasteiger charge is -2.25. The average molecular weight is 153 g/mol. The molecule has 9 heavy (non-hydrogen) atoms. The Morgan fingerprint density at radius 1 is 1.33 bits per heavy atom. The van der Waals surface area contributed by atoms with E-state index in [1.165, 1.54) is 0 Å². The minimum absolute atomic E-state index is 0.348. The number of hydrogen-bond acceptors (Lipinski definition) is 3. The first-order chi connectivity index (χ1) is 4.06. The number of nitrogens with two attached hydrogens (primary N) is 1. The van der Waals surface area contributed by atoms with Crippen molar-refractivity contribution in [2.75, 3.05) is 5.75 Å². The summed E-state index contributed by atoms with van der Waals surface area (Å²) in [5.41, 5.74) is 0. The summed E-state index contributed by atoms with van der Waals surface area (Å²) in [5.74, 6) is 0.348. The standard InChI is InChI=1S/C5H15NO2S/c1-2-3-4-5-9(6,7)8/h7-8H,2-6H2,1H3. The average Bonchev–Trinajstić information content (AvgIpc) is 1.63. The van der Waals surface area contributed by atoms with Gasteiger partial charge in [0.15, 0.2) is 0 Å². The first kappa shape index (κ1) is 9.23. The van der Waals surface area contributed by atoms with Gasteiger partial charge in [-0.3, -0.25) is 9.11 Å². The minimum atomic E-state index is -2.70. The molecule has 0 atom stereocenters. The van der Waals surface area contributed by atoms with Gasteiger partial charge in [0.2, 0.25) is 0 Å². The minimum Gasteiger partial charge on any atom is -0.286 e. The Morgan fingerprint density at radius 3 is 2.22 bits per heavy atom. The van der Waals surface area contributed by atoms with Crippen molar-refractivity contribution in [1.29, 1.82) is 0 Å². The van der Waals surface area contributed by atoms with Crippen molar-refractivity contribution in [2.24, 2.45) is 5.14 Å². The molecular weight excluding hydrogens is 138 g/mol. The smallest absolute Gasteiger partial charge is 0.0525 e. The molecule has 0 spiro atoms. The summed E-state index contributed by atoms with van der Waals surface area (Å²) in [7, 11) is -2.70. The lowest BCUT2D eigenvalue weighted by Crippen LogP contribution is -2.12. The van der Waals surface area contributed by atoms with Crippen LogP contribution in [0, 0.1) is 0 Å². The first-order valence-electron chi connectivity index (χ1n) is 3.10. The van der Waals surface area contributed by atoms with Crippen molar-refractivity contribution in [3.63, 3.8) is 0 Å². The lowest BCUT2D eigenvalue weighted by atomic mass is 10.3. The van der Waals surface area contributed by atoms with Crippen molar-refractivity contribution in [1.82, 2.24) is 0 Å². The molecule has 0 rings (SSSR count). The molecule has 0 saturated heterocycles. The van der Waals surface area contributed by atoms with Gasteiger partial charge >= 0.3 is 0 Å². The topological polar surface area (TPSA) is 66.5 Å². The highest BCUT2D eigenvalue weighted by Gasteiger charge is 2.01. The zero-order valence-corrected chi connectivity index (χ0v) is 6.52. The van der Waals surface area contributed by atoms with Gasteiger partial charge < -0.3 is 0 Å². The van der Waals surface area contributed by atoms with E-state index < -0.39 is 10.8 Å². The Labute approximate surface area is 57.7 Å². The fourth-order valence-electron chi connectivity index (χ4n) is 0.564. The molecule has 4 N–H and O–H groups in total. The van der Waals surface area contributed by atoms with Crippen molar-refractivity contribution < 1.29 is 9.11 Å². The summed E-state index contributed by atoms with van der Waals surface area (Å²) >= 11 is 0. The second kappa shape index (κ2) is 4.11. The van der Waals surface area contributed by atoms with Gasteiger partial charge in [-0.25, -0.2) is 5.14 Å². The third kappa shape index (κ3) is 8.23. The quantitative estimate of drug-likeness (QED) is 0.539. The summed E-state index contributed by atoms with van der Waals surface area (Å²) in [6.45, 7) is 2.06. The van der Waals surface area contributed by atoms with Gasteiger partial charge in [0.1, 0.15) is 0 Å². The Bertz CT molecular complexity index is 71.8. The number of hydrogen-bond donors (Lipinski definition) is 3. The highest BCUT2D eigenvalue weighted by Crippen LogP contribution is 2.28. The Kier molecular flexibility index (Phi) is 4.22. The molecule has 58 valence electrons. The van der Waals surface area contributed by atoms with Crippen LogP contribution in [-0.4, -0.2) is 14.9 Å². The maximum atomic E-state index is 8.66. The van der Waals surface area contributed by atoms with Crippen molar-refractivity contribution >= 4 is 10.8 Å². The normalized spacial score (nSPS) is 13.8. The van der Waals surface area contributed by atoms with E-state index in [0.717, 1.165) is 19.3 Å². The monoisotopic (exact) mass is 153 g/mol. The maximum absolute atomic E-state index is 8.66. The molecule has 0 bridgehead atoms. The van der Waals surface area contributed by atoms with Crippen LogP contribution < -0.4 is 5.14 Å². The molecule has 3 nitrogen and oxygen atoms in total. The second-order valence-electron chi connectivity index (χ2n) is 2.13. The highest BCUT2D eigenvalue weighted by molar-refractivity contribution is 8.22. The molecule has 0 aliphatic rings. The molecule has 0 unspecified atom stereocenters. The predicted molar refractivity (Wildman–Crippen MR) is 41.4 cm³/mol. The van der Waals surface area contributed by atoms with Crippen LogP contribution in [0.3, 0.4) is 0 Å². The highest BCUT2D eigenvalue weighted by atomic mass is 32.3. The zero-order chi connectivity index (χ0) is 7.33. The fraction of sp³-hybridized carbons (Fsp3) is 1.00.